The SMILES string of the molecule is CCCCCc1cc(O)c2c(c1)OC(C)(S)c1ccccc1-2. The van der Waals surface area contributed by atoms with Crippen molar-refractivity contribution in [2.24, 2.45) is 0 Å². The summed E-state index contributed by atoms with van der Waals surface area (Å²) >= 11 is 4.67. The predicted octanol–water partition coefficient (Wildman–Crippen LogP) is 5.29. The van der Waals surface area contributed by atoms with E-state index in [9.17, 15) is 5.11 Å². The summed E-state index contributed by atoms with van der Waals surface area (Å²) in [4.78, 5) is -0.682. The average Bonchev–Trinajstić information content (AvgIpc) is 2.46. The van der Waals surface area contributed by atoms with E-state index in [1.807, 2.05) is 37.3 Å². The smallest absolute Gasteiger partial charge is 0.175 e. The van der Waals surface area contributed by atoms with Crippen molar-refractivity contribution in [3.8, 4) is 22.6 Å². The first-order valence-corrected chi connectivity index (χ1v) is 8.35. The molecular weight excluding hydrogens is 292 g/mol. The Hall–Kier alpha value is -1.61. The number of thiol groups is 1. The number of aryl methyl sites for hydroxylation is 1. The first kappa shape index (κ1) is 15.3. The van der Waals surface area contributed by atoms with Crippen molar-refractivity contribution < 1.29 is 9.84 Å². The molecule has 1 atom stereocenters. The highest BCUT2D eigenvalue weighted by atomic mass is 32.1. The van der Waals surface area contributed by atoms with E-state index < -0.39 is 4.93 Å². The average molecular weight is 314 g/mol. The van der Waals surface area contributed by atoms with Gasteiger partial charge < -0.3 is 9.84 Å². The molecule has 1 aliphatic heterocycles. The summed E-state index contributed by atoms with van der Waals surface area (Å²) in [5.41, 5.74) is 3.88. The zero-order valence-electron chi connectivity index (χ0n) is 13.1. The Balaban J connectivity index is 2.06. The minimum Gasteiger partial charge on any atom is -0.507 e. The van der Waals surface area contributed by atoms with Crippen LogP contribution < -0.4 is 4.74 Å². The van der Waals surface area contributed by atoms with E-state index >= 15 is 0 Å². The quantitative estimate of drug-likeness (QED) is 0.593. The maximum atomic E-state index is 10.5. The Bertz CT molecular complexity index is 692. The molecule has 0 radical (unpaired) electrons. The number of hydrogen-bond acceptors (Lipinski definition) is 3. The molecule has 1 unspecified atom stereocenters. The zero-order chi connectivity index (χ0) is 15.7. The molecule has 1 N–H and O–H groups in total. The molecule has 2 nitrogen and oxygen atoms in total. The van der Waals surface area contributed by atoms with Gasteiger partial charge in [-0.25, -0.2) is 0 Å². The number of ether oxygens (including phenoxy) is 1. The van der Waals surface area contributed by atoms with Gasteiger partial charge in [0.2, 0.25) is 0 Å². The van der Waals surface area contributed by atoms with Gasteiger partial charge in [0.05, 0.1) is 5.56 Å². The fraction of sp³-hybridized carbons (Fsp3) is 0.368. The van der Waals surface area contributed by atoms with Crippen LogP contribution in [0.5, 0.6) is 11.5 Å². The third-order valence-corrected chi connectivity index (χ3v) is 4.55. The molecule has 0 bridgehead atoms. The van der Waals surface area contributed by atoms with E-state index in [-0.39, 0.29) is 0 Å². The summed E-state index contributed by atoms with van der Waals surface area (Å²) in [5.74, 6) is 1.02. The van der Waals surface area contributed by atoms with Crippen LogP contribution in [-0.2, 0) is 11.4 Å². The van der Waals surface area contributed by atoms with E-state index in [2.05, 4.69) is 25.6 Å². The van der Waals surface area contributed by atoms with Gasteiger partial charge in [0.15, 0.2) is 4.93 Å². The highest BCUT2D eigenvalue weighted by Crippen LogP contribution is 2.50. The van der Waals surface area contributed by atoms with Crippen LogP contribution in [0.25, 0.3) is 11.1 Å². The second-order valence-corrected chi connectivity index (χ2v) is 6.93. The normalized spacial score (nSPS) is 19.2. The monoisotopic (exact) mass is 314 g/mol. The molecule has 2 aromatic rings. The van der Waals surface area contributed by atoms with Crippen molar-refractivity contribution in [3.05, 3.63) is 47.5 Å². The van der Waals surface area contributed by atoms with Crippen molar-refractivity contribution in [2.45, 2.75) is 44.5 Å². The molecule has 2 aromatic carbocycles. The maximum Gasteiger partial charge on any atom is 0.175 e. The number of rotatable bonds is 4. The first-order valence-electron chi connectivity index (χ1n) is 7.90. The summed E-state index contributed by atoms with van der Waals surface area (Å²) in [6.07, 6.45) is 4.48. The summed E-state index contributed by atoms with van der Waals surface area (Å²) in [6, 6.07) is 11.9. The second-order valence-electron chi connectivity index (χ2n) is 6.08. The van der Waals surface area contributed by atoms with Gasteiger partial charge in [0, 0.05) is 5.56 Å². The van der Waals surface area contributed by atoms with Crippen molar-refractivity contribution in [2.75, 3.05) is 0 Å². The van der Waals surface area contributed by atoms with Crippen LogP contribution in [0.3, 0.4) is 0 Å². The van der Waals surface area contributed by atoms with E-state index in [1.54, 1.807) is 0 Å². The Morgan fingerprint density at radius 1 is 1.18 bits per heavy atom. The highest BCUT2D eigenvalue weighted by Gasteiger charge is 2.34. The zero-order valence-corrected chi connectivity index (χ0v) is 14.0. The van der Waals surface area contributed by atoms with Gasteiger partial charge in [0.25, 0.3) is 0 Å². The van der Waals surface area contributed by atoms with Crippen LogP contribution in [0.1, 0.15) is 44.2 Å². The second kappa shape index (κ2) is 5.88. The maximum absolute atomic E-state index is 10.5. The van der Waals surface area contributed by atoms with Gasteiger partial charge in [0.1, 0.15) is 11.5 Å². The molecule has 1 aliphatic rings. The van der Waals surface area contributed by atoms with Crippen LogP contribution >= 0.6 is 12.6 Å². The number of fused-ring (bicyclic) bond motifs is 3. The molecule has 3 heteroatoms. The van der Waals surface area contributed by atoms with Crippen LogP contribution in [0.4, 0.5) is 0 Å². The van der Waals surface area contributed by atoms with Crippen molar-refractivity contribution in [3.63, 3.8) is 0 Å². The van der Waals surface area contributed by atoms with Gasteiger partial charge in [-0.1, -0.05) is 44.0 Å². The fourth-order valence-electron chi connectivity index (χ4n) is 3.11. The van der Waals surface area contributed by atoms with Crippen LogP contribution in [0.15, 0.2) is 36.4 Å². The number of phenolic OH excluding ortho intramolecular Hbond substituents is 1. The molecule has 0 aliphatic carbocycles. The number of hydrogen-bond donors (Lipinski definition) is 2. The third-order valence-electron chi connectivity index (χ3n) is 4.21. The predicted molar refractivity (Wildman–Crippen MR) is 93.7 cm³/mol. The summed E-state index contributed by atoms with van der Waals surface area (Å²) in [6.45, 7) is 4.13. The van der Waals surface area contributed by atoms with Crippen LogP contribution in [0, 0.1) is 0 Å². The Kier molecular flexibility index (Phi) is 4.09. The summed E-state index contributed by atoms with van der Waals surface area (Å²) < 4.78 is 6.08. The molecule has 0 saturated heterocycles. The van der Waals surface area contributed by atoms with Gasteiger partial charge >= 0.3 is 0 Å². The fourth-order valence-corrected chi connectivity index (χ4v) is 3.40. The largest absolute Gasteiger partial charge is 0.507 e. The molecule has 0 spiro atoms. The van der Waals surface area contributed by atoms with E-state index in [4.69, 9.17) is 4.74 Å². The van der Waals surface area contributed by atoms with Crippen LogP contribution in [-0.4, -0.2) is 5.11 Å². The molecule has 22 heavy (non-hydrogen) atoms. The molecular formula is C19H22O2S. The molecule has 0 fully saturated rings. The van der Waals surface area contributed by atoms with Crippen molar-refractivity contribution >= 4 is 12.6 Å². The highest BCUT2D eigenvalue weighted by molar-refractivity contribution is 7.81. The number of benzene rings is 2. The van der Waals surface area contributed by atoms with Crippen molar-refractivity contribution in [1.82, 2.24) is 0 Å². The summed E-state index contributed by atoms with van der Waals surface area (Å²) in [7, 11) is 0. The van der Waals surface area contributed by atoms with E-state index in [0.717, 1.165) is 40.8 Å². The minimum atomic E-state index is -0.682. The van der Waals surface area contributed by atoms with Gasteiger partial charge in [-0.3, -0.25) is 0 Å². The Morgan fingerprint density at radius 3 is 2.73 bits per heavy atom. The molecule has 0 saturated carbocycles. The van der Waals surface area contributed by atoms with E-state index in [0.29, 0.717) is 5.75 Å². The Labute approximate surface area is 137 Å². The lowest BCUT2D eigenvalue weighted by molar-refractivity contribution is 0.186. The first-order chi connectivity index (χ1) is 10.5. The molecule has 1 heterocycles. The number of aromatic hydroxyl groups is 1. The van der Waals surface area contributed by atoms with Crippen molar-refractivity contribution in [1.29, 1.82) is 0 Å². The molecule has 3 rings (SSSR count). The number of unbranched alkanes of at least 4 members (excludes halogenated alkanes) is 2. The summed E-state index contributed by atoms with van der Waals surface area (Å²) in [5, 5.41) is 10.5. The molecule has 0 aromatic heterocycles. The Morgan fingerprint density at radius 2 is 1.95 bits per heavy atom. The van der Waals surface area contributed by atoms with Gasteiger partial charge in [-0.2, -0.15) is 0 Å². The standard InChI is InChI=1S/C19H22O2S/c1-3-4-5-8-13-11-16(20)18-14-9-6-7-10-15(14)19(2,22)21-17(18)12-13/h6-7,9-12,20,22H,3-5,8H2,1-2H3. The lowest BCUT2D eigenvalue weighted by atomic mass is 9.91. The van der Waals surface area contributed by atoms with E-state index in [1.165, 1.54) is 12.8 Å². The molecule has 0 amide bonds. The van der Waals surface area contributed by atoms with Crippen LogP contribution in [0.2, 0.25) is 0 Å². The van der Waals surface area contributed by atoms with Gasteiger partial charge in [-0.05, 0) is 43.0 Å². The molecule has 116 valence electrons. The third kappa shape index (κ3) is 2.70. The number of phenols is 1. The topological polar surface area (TPSA) is 29.5 Å². The lowest BCUT2D eigenvalue weighted by Gasteiger charge is -2.34. The lowest BCUT2D eigenvalue weighted by Crippen LogP contribution is -2.26. The minimum absolute atomic E-state index is 0.292. The van der Waals surface area contributed by atoms with Gasteiger partial charge in [-0.15, -0.1) is 12.6 Å².